The van der Waals surface area contributed by atoms with E-state index < -0.39 is 5.97 Å². The maximum Gasteiger partial charge on any atom is 0.306 e. The molecular weight excluding hydrogens is 228 g/mol. The first-order valence-corrected chi connectivity index (χ1v) is 6.94. The van der Waals surface area contributed by atoms with Crippen molar-refractivity contribution in [1.29, 1.82) is 0 Å². The minimum absolute atomic E-state index is 0.0793. The standard InChI is InChI=1S/C15H24O3/c1-9-4-5-13(16)15(3)7-6-11(8-12(9)15)10(2)14(17)18/h10-13,16H,1,4-8H2,2-3H3,(H,17,18). The number of carboxylic acids is 1. The molecule has 3 heteroatoms. The Kier molecular flexibility index (Phi) is 3.54. The molecule has 0 amide bonds. The number of hydrogen-bond acceptors (Lipinski definition) is 2. The Morgan fingerprint density at radius 1 is 1.50 bits per heavy atom. The number of carbonyl (C=O) groups is 1. The van der Waals surface area contributed by atoms with E-state index in [1.165, 1.54) is 5.57 Å². The second kappa shape index (κ2) is 4.69. The van der Waals surface area contributed by atoms with Gasteiger partial charge in [0.05, 0.1) is 12.0 Å². The molecule has 2 aliphatic carbocycles. The third-order valence-electron chi connectivity index (χ3n) is 5.48. The Hall–Kier alpha value is -0.830. The third-order valence-corrected chi connectivity index (χ3v) is 5.48. The van der Waals surface area contributed by atoms with Gasteiger partial charge in [0.25, 0.3) is 0 Å². The Labute approximate surface area is 109 Å². The van der Waals surface area contributed by atoms with Crippen LogP contribution in [0.5, 0.6) is 0 Å². The van der Waals surface area contributed by atoms with E-state index in [2.05, 4.69) is 13.5 Å². The van der Waals surface area contributed by atoms with Crippen LogP contribution in [0.2, 0.25) is 0 Å². The summed E-state index contributed by atoms with van der Waals surface area (Å²) in [6.07, 6.45) is 4.14. The van der Waals surface area contributed by atoms with Gasteiger partial charge < -0.3 is 10.2 Å². The second-order valence-electron chi connectivity index (χ2n) is 6.43. The predicted octanol–water partition coefficient (Wildman–Crippen LogP) is 2.84. The molecule has 0 spiro atoms. The lowest BCUT2D eigenvalue weighted by molar-refractivity contribution is -0.145. The summed E-state index contributed by atoms with van der Waals surface area (Å²) in [6, 6.07) is 0. The van der Waals surface area contributed by atoms with Crippen LogP contribution in [0.3, 0.4) is 0 Å². The average molecular weight is 252 g/mol. The smallest absolute Gasteiger partial charge is 0.306 e. The molecule has 5 atom stereocenters. The molecule has 2 rings (SSSR count). The molecule has 3 nitrogen and oxygen atoms in total. The number of aliphatic carboxylic acids is 1. The molecule has 5 unspecified atom stereocenters. The monoisotopic (exact) mass is 252 g/mol. The minimum Gasteiger partial charge on any atom is -0.481 e. The molecule has 0 bridgehead atoms. The maximum absolute atomic E-state index is 11.1. The van der Waals surface area contributed by atoms with Crippen molar-refractivity contribution in [3.8, 4) is 0 Å². The Morgan fingerprint density at radius 2 is 2.17 bits per heavy atom. The molecule has 0 saturated heterocycles. The summed E-state index contributed by atoms with van der Waals surface area (Å²) in [5.74, 6) is -0.476. The normalized spacial score (nSPS) is 42.2. The summed E-state index contributed by atoms with van der Waals surface area (Å²) < 4.78 is 0. The fourth-order valence-electron chi connectivity index (χ4n) is 3.87. The zero-order chi connectivity index (χ0) is 13.5. The zero-order valence-electron chi connectivity index (χ0n) is 11.4. The molecule has 2 fully saturated rings. The first-order chi connectivity index (χ1) is 8.36. The lowest BCUT2D eigenvalue weighted by Gasteiger charge is -2.52. The summed E-state index contributed by atoms with van der Waals surface area (Å²) in [5.41, 5.74) is 1.13. The van der Waals surface area contributed by atoms with Gasteiger partial charge in [-0.1, -0.05) is 26.0 Å². The highest BCUT2D eigenvalue weighted by Gasteiger charge is 2.49. The van der Waals surface area contributed by atoms with Crippen LogP contribution in [0, 0.1) is 23.2 Å². The zero-order valence-corrected chi connectivity index (χ0v) is 11.4. The van der Waals surface area contributed by atoms with Crippen LogP contribution in [0.25, 0.3) is 0 Å². The fraction of sp³-hybridized carbons (Fsp3) is 0.800. The van der Waals surface area contributed by atoms with Crippen LogP contribution < -0.4 is 0 Å². The van der Waals surface area contributed by atoms with Gasteiger partial charge in [-0.15, -0.1) is 0 Å². The molecule has 2 aliphatic rings. The largest absolute Gasteiger partial charge is 0.481 e. The molecule has 102 valence electrons. The first kappa shape index (κ1) is 13.6. The number of carboxylic acid groups (broad SMARTS) is 1. The molecule has 0 aromatic heterocycles. The number of aliphatic hydroxyl groups excluding tert-OH is 1. The van der Waals surface area contributed by atoms with Gasteiger partial charge in [-0.3, -0.25) is 4.79 Å². The van der Waals surface area contributed by atoms with Crippen LogP contribution in [-0.2, 0) is 4.79 Å². The minimum atomic E-state index is -0.703. The molecule has 18 heavy (non-hydrogen) atoms. The van der Waals surface area contributed by atoms with Gasteiger partial charge in [0.2, 0.25) is 0 Å². The van der Waals surface area contributed by atoms with Crippen molar-refractivity contribution in [3.63, 3.8) is 0 Å². The van der Waals surface area contributed by atoms with Gasteiger partial charge in [-0.25, -0.2) is 0 Å². The lowest BCUT2D eigenvalue weighted by Crippen LogP contribution is -2.48. The van der Waals surface area contributed by atoms with E-state index in [1.54, 1.807) is 6.92 Å². The van der Waals surface area contributed by atoms with Crippen LogP contribution >= 0.6 is 0 Å². The van der Waals surface area contributed by atoms with E-state index in [-0.39, 0.29) is 23.4 Å². The van der Waals surface area contributed by atoms with Crippen molar-refractivity contribution >= 4 is 5.97 Å². The van der Waals surface area contributed by atoms with Gasteiger partial charge in [0.1, 0.15) is 0 Å². The van der Waals surface area contributed by atoms with E-state index in [9.17, 15) is 9.90 Å². The van der Waals surface area contributed by atoms with Crippen LogP contribution in [0.1, 0.15) is 46.0 Å². The highest BCUT2D eigenvalue weighted by atomic mass is 16.4. The summed E-state index contributed by atoms with van der Waals surface area (Å²) >= 11 is 0. The second-order valence-corrected chi connectivity index (χ2v) is 6.43. The van der Waals surface area contributed by atoms with E-state index in [4.69, 9.17) is 5.11 Å². The van der Waals surface area contributed by atoms with Gasteiger partial charge in [-0.2, -0.15) is 0 Å². The molecule has 0 radical (unpaired) electrons. The SMILES string of the molecule is C=C1CCC(O)C2(C)CCC(C(C)C(=O)O)CC12. The fourth-order valence-corrected chi connectivity index (χ4v) is 3.87. The van der Waals surface area contributed by atoms with Gasteiger partial charge in [0, 0.05) is 5.41 Å². The van der Waals surface area contributed by atoms with Crippen LogP contribution in [0.15, 0.2) is 12.2 Å². The molecule has 2 saturated carbocycles. The molecular formula is C15H24O3. The number of hydrogen-bond donors (Lipinski definition) is 2. The Bertz CT molecular complexity index is 363. The Balaban J connectivity index is 2.16. The lowest BCUT2D eigenvalue weighted by atomic mass is 9.54. The van der Waals surface area contributed by atoms with Crippen molar-refractivity contribution in [2.75, 3.05) is 0 Å². The molecule has 0 aliphatic heterocycles. The molecule has 0 aromatic carbocycles. The molecule has 0 aromatic rings. The first-order valence-electron chi connectivity index (χ1n) is 6.94. The summed E-state index contributed by atoms with van der Waals surface area (Å²) in [5, 5.41) is 19.4. The van der Waals surface area contributed by atoms with Crippen LogP contribution in [-0.4, -0.2) is 22.3 Å². The van der Waals surface area contributed by atoms with Crippen LogP contribution in [0.4, 0.5) is 0 Å². The van der Waals surface area contributed by atoms with E-state index in [0.717, 1.165) is 32.1 Å². The number of aliphatic hydroxyl groups is 1. The van der Waals surface area contributed by atoms with E-state index >= 15 is 0 Å². The number of rotatable bonds is 2. The van der Waals surface area contributed by atoms with Crippen molar-refractivity contribution in [1.82, 2.24) is 0 Å². The highest BCUT2D eigenvalue weighted by Crippen LogP contribution is 2.54. The van der Waals surface area contributed by atoms with Crippen molar-refractivity contribution < 1.29 is 15.0 Å². The quantitative estimate of drug-likeness (QED) is 0.743. The van der Waals surface area contributed by atoms with Gasteiger partial charge in [0.15, 0.2) is 0 Å². The van der Waals surface area contributed by atoms with E-state index in [0.29, 0.717) is 5.92 Å². The molecule has 2 N–H and O–H groups in total. The Morgan fingerprint density at radius 3 is 2.78 bits per heavy atom. The summed E-state index contributed by atoms with van der Waals surface area (Å²) in [6.45, 7) is 8.11. The average Bonchev–Trinajstić information content (AvgIpc) is 2.33. The highest BCUT2D eigenvalue weighted by molar-refractivity contribution is 5.69. The predicted molar refractivity (Wildman–Crippen MR) is 70.1 cm³/mol. The van der Waals surface area contributed by atoms with Crippen molar-refractivity contribution in [3.05, 3.63) is 12.2 Å². The summed E-state index contributed by atoms with van der Waals surface area (Å²) in [7, 11) is 0. The third kappa shape index (κ3) is 2.09. The maximum atomic E-state index is 11.1. The topological polar surface area (TPSA) is 57.5 Å². The van der Waals surface area contributed by atoms with Gasteiger partial charge in [-0.05, 0) is 43.9 Å². The van der Waals surface area contributed by atoms with Crippen molar-refractivity contribution in [2.45, 2.75) is 52.1 Å². The number of fused-ring (bicyclic) bond motifs is 1. The summed E-state index contributed by atoms with van der Waals surface area (Å²) in [4.78, 5) is 11.1. The van der Waals surface area contributed by atoms with Gasteiger partial charge >= 0.3 is 5.97 Å². The van der Waals surface area contributed by atoms with E-state index in [1.807, 2.05) is 0 Å². The molecule has 0 heterocycles. The van der Waals surface area contributed by atoms with Crippen molar-refractivity contribution in [2.24, 2.45) is 23.2 Å². The number of allylic oxidation sites excluding steroid dienone is 1.